The number of amides is 2. The average Bonchev–Trinajstić information content (AvgIpc) is 2.64. The molecule has 2 aromatic carbocycles. The lowest BCUT2D eigenvalue weighted by Gasteiger charge is -2.10. The number of ether oxygens (including phenoxy) is 2. The Hall–Kier alpha value is -3.35. The van der Waals surface area contributed by atoms with Crippen LogP contribution in [0.1, 0.15) is 19.4 Å². The second-order valence-corrected chi connectivity index (χ2v) is 5.09. The van der Waals surface area contributed by atoms with E-state index < -0.39 is 11.8 Å². The van der Waals surface area contributed by atoms with Gasteiger partial charge in [-0.25, -0.2) is 5.43 Å². The van der Waals surface area contributed by atoms with Crippen LogP contribution in [0.2, 0.25) is 0 Å². The van der Waals surface area contributed by atoms with E-state index in [-0.39, 0.29) is 0 Å². The van der Waals surface area contributed by atoms with Gasteiger partial charge in [-0.05, 0) is 43.7 Å². The van der Waals surface area contributed by atoms with Crippen molar-refractivity contribution in [3.63, 3.8) is 0 Å². The van der Waals surface area contributed by atoms with Gasteiger partial charge in [-0.3, -0.25) is 9.59 Å². The van der Waals surface area contributed by atoms with Gasteiger partial charge in [0.05, 0.1) is 25.1 Å². The molecule has 0 saturated carbocycles. The van der Waals surface area contributed by atoms with E-state index in [2.05, 4.69) is 15.8 Å². The Morgan fingerprint density at radius 2 is 1.77 bits per heavy atom. The molecule has 0 aliphatic carbocycles. The molecule has 0 aromatic heterocycles. The lowest BCUT2D eigenvalue weighted by Crippen LogP contribution is -2.32. The lowest BCUT2D eigenvalue weighted by molar-refractivity contribution is -0.136. The summed E-state index contributed by atoms with van der Waals surface area (Å²) >= 11 is 0. The molecule has 0 heterocycles. The van der Waals surface area contributed by atoms with Gasteiger partial charge in [0.25, 0.3) is 0 Å². The molecule has 26 heavy (non-hydrogen) atoms. The summed E-state index contributed by atoms with van der Waals surface area (Å²) < 4.78 is 10.8. The van der Waals surface area contributed by atoms with Crippen LogP contribution in [0.4, 0.5) is 5.69 Å². The van der Waals surface area contributed by atoms with Crippen LogP contribution in [0.3, 0.4) is 0 Å². The molecular formula is C19H21N3O4. The molecular weight excluding hydrogens is 334 g/mol. The molecule has 7 nitrogen and oxygen atoms in total. The highest BCUT2D eigenvalue weighted by Crippen LogP contribution is 2.23. The fraction of sp³-hybridized carbons (Fsp3) is 0.211. The van der Waals surface area contributed by atoms with E-state index in [0.29, 0.717) is 30.4 Å². The number of carbonyl (C=O) groups excluding carboxylic acids is 2. The Balaban J connectivity index is 1.93. The first-order chi connectivity index (χ1) is 12.6. The second-order valence-electron chi connectivity index (χ2n) is 5.09. The highest BCUT2D eigenvalue weighted by atomic mass is 16.5. The zero-order valence-corrected chi connectivity index (χ0v) is 14.7. The van der Waals surface area contributed by atoms with Crippen LogP contribution in [0.25, 0.3) is 0 Å². The van der Waals surface area contributed by atoms with E-state index in [1.54, 1.807) is 36.4 Å². The summed E-state index contributed by atoms with van der Waals surface area (Å²) in [4.78, 5) is 23.9. The normalized spacial score (nSPS) is 10.4. The number of hydrazone groups is 1. The van der Waals surface area contributed by atoms with Crippen molar-refractivity contribution < 1.29 is 19.1 Å². The van der Waals surface area contributed by atoms with Crippen LogP contribution in [0, 0.1) is 0 Å². The zero-order valence-electron chi connectivity index (χ0n) is 14.7. The number of nitrogens with one attached hydrogen (secondary N) is 2. The van der Waals surface area contributed by atoms with E-state index in [1.807, 2.05) is 26.0 Å². The van der Waals surface area contributed by atoms with Crippen molar-refractivity contribution in [2.24, 2.45) is 5.10 Å². The van der Waals surface area contributed by atoms with Crippen LogP contribution < -0.4 is 20.2 Å². The molecule has 0 fully saturated rings. The molecule has 0 aliphatic heterocycles. The van der Waals surface area contributed by atoms with Crippen LogP contribution in [-0.2, 0) is 9.59 Å². The van der Waals surface area contributed by atoms with Gasteiger partial charge >= 0.3 is 11.8 Å². The predicted molar refractivity (Wildman–Crippen MR) is 99.6 cm³/mol. The molecule has 2 amide bonds. The largest absolute Gasteiger partial charge is 0.494 e. The van der Waals surface area contributed by atoms with Crippen LogP contribution in [0.15, 0.2) is 53.6 Å². The molecule has 0 aliphatic rings. The fourth-order valence-corrected chi connectivity index (χ4v) is 2.10. The van der Waals surface area contributed by atoms with Gasteiger partial charge in [0, 0.05) is 0 Å². The van der Waals surface area contributed by atoms with E-state index in [0.717, 1.165) is 5.56 Å². The van der Waals surface area contributed by atoms with Crippen molar-refractivity contribution >= 4 is 23.7 Å². The van der Waals surface area contributed by atoms with Gasteiger partial charge in [-0.1, -0.05) is 24.3 Å². The average molecular weight is 355 g/mol. The molecule has 0 spiro atoms. The Labute approximate surface area is 152 Å². The highest BCUT2D eigenvalue weighted by molar-refractivity contribution is 6.39. The minimum atomic E-state index is -0.881. The SMILES string of the molecule is CCOc1cccc(/C=N\NC(=O)C(=O)Nc2ccccc2OCC)c1. The van der Waals surface area contributed by atoms with E-state index in [1.165, 1.54) is 6.21 Å². The predicted octanol–water partition coefficient (Wildman–Crippen LogP) is 2.57. The number of nitrogens with zero attached hydrogens (tertiary/aromatic N) is 1. The first kappa shape index (κ1) is 19.0. The Morgan fingerprint density at radius 3 is 2.54 bits per heavy atom. The molecule has 0 saturated heterocycles. The summed E-state index contributed by atoms with van der Waals surface area (Å²) in [6.45, 7) is 4.73. The smallest absolute Gasteiger partial charge is 0.329 e. The maximum atomic E-state index is 12.0. The Bertz CT molecular complexity index is 790. The number of para-hydroxylation sites is 2. The molecule has 2 N–H and O–H groups in total. The Kier molecular flexibility index (Phi) is 7.17. The van der Waals surface area contributed by atoms with E-state index in [4.69, 9.17) is 9.47 Å². The van der Waals surface area contributed by atoms with E-state index in [9.17, 15) is 9.59 Å². The van der Waals surface area contributed by atoms with Crippen molar-refractivity contribution in [3.05, 3.63) is 54.1 Å². The number of rotatable bonds is 7. The summed E-state index contributed by atoms with van der Waals surface area (Å²) in [7, 11) is 0. The summed E-state index contributed by atoms with van der Waals surface area (Å²) in [6, 6.07) is 14.1. The van der Waals surface area contributed by atoms with Crippen molar-refractivity contribution in [3.8, 4) is 11.5 Å². The van der Waals surface area contributed by atoms with Gasteiger partial charge in [0.15, 0.2) is 0 Å². The van der Waals surface area contributed by atoms with Crippen LogP contribution in [-0.4, -0.2) is 31.2 Å². The minimum Gasteiger partial charge on any atom is -0.494 e. The lowest BCUT2D eigenvalue weighted by atomic mass is 10.2. The fourth-order valence-electron chi connectivity index (χ4n) is 2.10. The first-order valence-electron chi connectivity index (χ1n) is 8.23. The van der Waals surface area contributed by atoms with Crippen LogP contribution >= 0.6 is 0 Å². The van der Waals surface area contributed by atoms with Crippen LogP contribution in [0.5, 0.6) is 11.5 Å². The third-order valence-electron chi connectivity index (χ3n) is 3.19. The van der Waals surface area contributed by atoms with Gasteiger partial charge in [-0.2, -0.15) is 5.10 Å². The van der Waals surface area contributed by atoms with Crippen molar-refractivity contribution in [2.75, 3.05) is 18.5 Å². The second kappa shape index (κ2) is 9.83. The number of hydrogen-bond donors (Lipinski definition) is 2. The van der Waals surface area contributed by atoms with Gasteiger partial charge in [0.2, 0.25) is 0 Å². The van der Waals surface area contributed by atoms with Gasteiger partial charge < -0.3 is 14.8 Å². The number of anilines is 1. The van der Waals surface area contributed by atoms with Crippen molar-refractivity contribution in [1.29, 1.82) is 0 Å². The molecule has 0 radical (unpaired) electrons. The Morgan fingerprint density at radius 1 is 1.00 bits per heavy atom. The number of benzene rings is 2. The summed E-state index contributed by atoms with van der Waals surface area (Å²) in [6.07, 6.45) is 1.43. The van der Waals surface area contributed by atoms with Crippen molar-refractivity contribution in [2.45, 2.75) is 13.8 Å². The molecule has 7 heteroatoms. The van der Waals surface area contributed by atoms with Gasteiger partial charge in [0.1, 0.15) is 11.5 Å². The quantitative estimate of drug-likeness (QED) is 0.454. The third-order valence-corrected chi connectivity index (χ3v) is 3.19. The summed E-state index contributed by atoms with van der Waals surface area (Å²) in [5, 5.41) is 6.29. The maximum Gasteiger partial charge on any atom is 0.329 e. The van der Waals surface area contributed by atoms with Crippen molar-refractivity contribution in [1.82, 2.24) is 5.43 Å². The summed E-state index contributed by atoms with van der Waals surface area (Å²) in [5.74, 6) is -0.522. The first-order valence-corrected chi connectivity index (χ1v) is 8.23. The molecule has 2 rings (SSSR count). The minimum absolute atomic E-state index is 0.419. The van der Waals surface area contributed by atoms with Gasteiger partial charge in [-0.15, -0.1) is 0 Å². The molecule has 2 aromatic rings. The molecule has 0 unspecified atom stereocenters. The monoisotopic (exact) mass is 355 g/mol. The third kappa shape index (κ3) is 5.62. The molecule has 0 atom stereocenters. The number of carbonyl (C=O) groups is 2. The summed E-state index contributed by atoms with van der Waals surface area (Å²) in [5.41, 5.74) is 3.34. The maximum absolute atomic E-state index is 12.0. The molecule has 0 bridgehead atoms. The highest BCUT2D eigenvalue weighted by Gasteiger charge is 2.15. The zero-order chi connectivity index (χ0) is 18.8. The number of hydrogen-bond acceptors (Lipinski definition) is 5. The molecule has 136 valence electrons. The standard InChI is InChI=1S/C19H21N3O4/c1-3-25-15-9-7-8-14(12-15)13-20-22-19(24)18(23)21-16-10-5-6-11-17(16)26-4-2/h5-13H,3-4H2,1-2H3,(H,21,23)(H,22,24)/b20-13-. The topological polar surface area (TPSA) is 89.0 Å². The van der Waals surface area contributed by atoms with E-state index >= 15 is 0 Å².